The van der Waals surface area contributed by atoms with Gasteiger partial charge in [-0.15, -0.1) is 0 Å². The normalized spacial score (nSPS) is 15.7. The molecule has 0 bridgehead atoms. The van der Waals surface area contributed by atoms with Crippen molar-refractivity contribution in [3.63, 3.8) is 0 Å². The summed E-state index contributed by atoms with van der Waals surface area (Å²) in [6.45, 7) is 0. The monoisotopic (exact) mass is 856 g/mol. The fourth-order valence-electron chi connectivity index (χ4n) is 7.70. The lowest BCUT2D eigenvalue weighted by Gasteiger charge is -2.17. The number of nitrogens with zero attached hydrogens (tertiary/aromatic N) is 2. The quantitative estimate of drug-likeness (QED) is 0.0790. The highest BCUT2D eigenvalue weighted by molar-refractivity contribution is 6.00. The van der Waals surface area contributed by atoms with Gasteiger partial charge in [-0.05, 0) is 73.2 Å². The van der Waals surface area contributed by atoms with Crippen molar-refractivity contribution in [1.29, 1.82) is 0 Å². The van der Waals surface area contributed by atoms with Gasteiger partial charge in [0.05, 0.1) is 46.8 Å². The topological polar surface area (TPSA) is 187 Å². The second-order valence-corrected chi connectivity index (χ2v) is 16.0. The minimum Gasteiger partial charge on any atom is -0.550 e. The maximum absolute atomic E-state index is 13.6. The molecule has 2 heterocycles. The molecule has 0 spiro atoms. The van der Waals surface area contributed by atoms with E-state index in [4.69, 9.17) is 9.97 Å². The first-order valence-electron chi connectivity index (χ1n) is 20.7. The van der Waals surface area contributed by atoms with E-state index >= 15 is 0 Å². The fraction of sp³-hybridized carbons (Fsp3) is 0.294. The van der Waals surface area contributed by atoms with Crippen molar-refractivity contribution in [1.82, 2.24) is 9.97 Å². The van der Waals surface area contributed by atoms with Gasteiger partial charge in [-0.3, -0.25) is 9.97 Å². The highest BCUT2D eigenvalue weighted by Gasteiger charge is 2.31. The average molecular weight is 857 g/mol. The molecule has 0 radical (unpaired) electrons. The van der Waals surface area contributed by atoms with Crippen LogP contribution < -0.4 is 10.2 Å². The molecule has 6 aromatic rings. The molecule has 12 heteroatoms. The van der Waals surface area contributed by atoms with Gasteiger partial charge in [0.25, 0.3) is 0 Å². The lowest BCUT2D eigenvalue weighted by atomic mass is 9.92. The van der Waals surface area contributed by atoms with Crippen LogP contribution in [0.5, 0.6) is 0 Å². The van der Waals surface area contributed by atoms with Crippen molar-refractivity contribution in [2.75, 3.05) is 0 Å². The number of aliphatic hydroxyl groups excluding tert-OH is 4. The highest BCUT2D eigenvalue weighted by Crippen LogP contribution is 2.47. The summed E-state index contributed by atoms with van der Waals surface area (Å²) in [4.78, 5) is 31.0. The van der Waals surface area contributed by atoms with E-state index in [0.29, 0.717) is 11.8 Å². The SMILES string of the molecule is C.O=C([O-])C[C@H](O)C[C@H](O)/C=C/c1c(C2CC2)nc2ccccc2c1-c1ccc(F)cc1.O=C([O-])C[C@H](O)C[C@H](O)/C=C/c1c(C2CC2)nc2ccccc2c1-c1ccc(F)cc1. The van der Waals surface area contributed by atoms with E-state index in [0.717, 1.165) is 92.3 Å². The molecule has 8 rings (SSSR count). The number of aliphatic carboxylic acids is 2. The molecule has 4 atom stereocenters. The molecule has 2 fully saturated rings. The molecule has 2 aliphatic carbocycles. The van der Waals surface area contributed by atoms with Crippen molar-refractivity contribution in [3.05, 3.63) is 143 Å². The van der Waals surface area contributed by atoms with Gasteiger partial charge < -0.3 is 40.2 Å². The van der Waals surface area contributed by atoms with Crippen LogP contribution in [-0.4, -0.2) is 66.7 Å². The maximum atomic E-state index is 13.6. The van der Waals surface area contributed by atoms with E-state index in [1.165, 1.54) is 24.3 Å². The first-order valence-corrected chi connectivity index (χ1v) is 20.7. The van der Waals surface area contributed by atoms with Crippen molar-refractivity contribution in [2.45, 2.75) is 95.0 Å². The number of aromatic nitrogens is 2. The molecule has 63 heavy (non-hydrogen) atoms. The number of fused-ring (bicyclic) bond motifs is 2. The Morgan fingerprint density at radius 3 is 1.27 bits per heavy atom. The number of benzene rings is 4. The molecule has 2 saturated carbocycles. The average Bonchev–Trinajstić information content (AvgIpc) is 4.17. The summed E-state index contributed by atoms with van der Waals surface area (Å²) in [5.74, 6) is -2.72. The van der Waals surface area contributed by atoms with Gasteiger partial charge in [0.15, 0.2) is 0 Å². The van der Waals surface area contributed by atoms with E-state index < -0.39 is 49.2 Å². The predicted octanol–water partition coefficient (Wildman–Crippen LogP) is 7.00. The third kappa shape index (κ3) is 12.1. The molecule has 2 aromatic heterocycles. The number of carboxylic acid groups (broad SMARTS) is 2. The third-order valence-electron chi connectivity index (χ3n) is 10.9. The number of carbonyl (C=O) groups excluding carboxylic acids is 2. The first kappa shape index (κ1) is 46.3. The van der Waals surface area contributed by atoms with Crippen molar-refractivity contribution in [2.24, 2.45) is 0 Å². The van der Waals surface area contributed by atoms with Crippen LogP contribution in [0.3, 0.4) is 0 Å². The molecular weight excluding hydrogens is 807 g/mol. The van der Waals surface area contributed by atoms with Gasteiger partial charge in [-0.2, -0.15) is 0 Å². The minimum atomic E-state index is -1.36. The first-order chi connectivity index (χ1) is 29.8. The number of pyridine rings is 2. The lowest BCUT2D eigenvalue weighted by Crippen LogP contribution is -2.29. The van der Waals surface area contributed by atoms with Crippen molar-refractivity contribution < 1.29 is 49.0 Å². The van der Waals surface area contributed by atoms with E-state index in [9.17, 15) is 49.0 Å². The standard InChI is InChI=1S/2C25H24FNO4.CH4/c2*26-17-9-7-15(8-10-17)24-20-3-1-2-4-22(20)27-25(16-5-6-16)21(24)12-11-18(28)13-19(29)14-23(30)31;/h2*1-4,7-12,16,18-19,28-29H,5-6,13-14H2,(H,30,31);1H4/p-2/b2*12-11+;/t2*18-,19-;/m11./s1. The molecule has 10 nitrogen and oxygen atoms in total. The number of carbonyl (C=O) groups is 2. The number of carboxylic acids is 2. The number of para-hydroxylation sites is 2. The molecule has 0 unspecified atom stereocenters. The van der Waals surface area contributed by atoms with Crippen molar-refractivity contribution >= 4 is 45.9 Å². The Kier molecular flexibility index (Phi) is 15.3. The molecule has 0 saturated heterocycles. The molecule has 328 valence electrons. The smallest absolute Gasteiger partial charge is 0.123 e. The van der Waals surface area contributed by atoms with Gasteiger partial charge in [0.2, 0.25) is 0 Å². The van der Waals surface area contributed by atoms with Gasteiger partial charge >= 0.3 is 0 Å². The molecular formula is C51H50F2N2O8-2. The Hall–Kier alpha value is -6.18. The van der Waals surface area contributed by atoms with Gasteiger partial charge in [0.1, 0.15) is 11.6 Å². The van der Waals surface area contributed by atoms with Crippen LogP contribution in [-0.2, 0) is 9.59 Å². The zero-order chi connectivity index (χ0) is 43.9. The van der Waals surface area contributed by atoms with Crippen LogP contribution in [0.25, 0.3) is 56.2 Å². The van der Waals surface area contributed by atoms with Crippen LogP contribution in [0.1, 0.15) is 93.1 Å². The predicted molar refractivity (Wildman–Crippen MR) is 236 cm³/mol. The van der Waals surface area contributed by atoms with Crippen LogP contribution in [0, 0.1) is 11.6 Å². The Morgan fingerprint density at radius 1 is 0.587 bits per heavy atom. The van der Waals surface area contributed by atoms with Crippen LogP contribution in [0.2, 0.25) is 0 Å². The summed E-state index contributed by atoms with van der Waals surface area (Å²) in [6, 6.07) is 28.1. The summed E-state index contributed by atoms with van der Waals surface area (Å²) in [7, 11) is 0. The molecule has 4 N–H and O–H groups in total. The van der Waals surface area contributed by atoms with Crippen LogP contribution >= 0.6 is 0 Å². The number of hydrogen-bond donors (Lipinski definition) is 4. The summed E-state index contributed by atoms with van der Waals surface area (Å²) < 4.78 is 27.1. The van der Waals surface area contributed by atoms with E-state index in [-0.39, 0.29) is 31.9 Å². The molecule has 4 aromatic carbocycles. The second-order valence-electron chi connectivity index (χ2n) is 16.0. The summed E-state index contributed by atoms with van der Waals surface area (Å²) in [5.41, 5.74) is 8.76. The molecule has 2 aliphatic rings. The van der Waals surface area contributed by atoms with E-state index in [1.54, 1.807) is 48.6 Å². The zero-order valence-corrected chi connectivity index (χ0v) is 33.7. The van der Waals surface area contributed by atoms with Gasteiger partial charge in [0, 0.05) is 82.5 Å². The van der Waals surface area contributed by atoms with E-state index in [2.05, 4.69) is 0 Å². The summed E-state index contributed by atoms with van der Waals surface area (Å²) >= 11 is 0. The number of hydrogen-bond acceptors (Lipinski definition) is 10. The van der Waals surface area contributed by atoms with Gasteiger partial charge in [-0.1, -0.05) is 92.4 Å². The van der Waals surface area contributed by atoms with E-state index in [1.807, 2.05) is 48.5 Å². The van der Waals surface area contributed by atoms with Crippen molar-refractivity contribution in [3.8, 4) is 22.3 Å². The van der Waals surface area contributed by atoms with Gasteiger partial charge in [-0.25, -0.2) is 8.78 Å². The zero-order valence-electron chi connectivity index (χ0n) is 33.7. The number of rotatable bonds is 16. The Labute approximate surface area is 364 Å². The lowest BCUT2D eigenvalue weighted by molar-refractivity contribution is -0.309. The summed E-state index contributed by atoms with van der Waals surface area (Å²) in [6.07, 6.45) is 5.02. The highest BCUT2D eigenvalue weighted by atomic mass is 19.1. The summed E-state index contributed by atoms with van der Waals surface area (Å²) in [5, 5.41) is 63.3. The molecule has 0 amide bonds. The Balaban J connectivity index is 0.000000206. The fourth-order valence-corrected chi connectivity index (χ4v) is 7.70. The Morgan fingerprint density at radius 2 is 0.937 bits per heavy atom. The maximum Gasteiger partial charge on any atom is 0.123 e. The molecule has 0 aliphatic heterocycles. The third-order valence-corrected chi connectivity index (χ3v) is 10.9. The Bertz CT molecular complexity index is 2430. The minimum absolute atomic E-state index is 0. The van der Waals surface area contributed by atoms with Crippen LogP contribution in [0.15, 0.2) is 109 Å². The van der Waals surface area contributed by atoms with Crippen LogP contribution in [0.4, 0.5) is 8.78 Å². The largest absolute Gasteiger partial charge is 0.550 e. The number of aliphatic hydroxyl groups is 4. The second kappa shape index (κ2) is 20.8. The number of halogens is 2.